The first kappa shape index (κ1) is 20.6. The van der Waals surface area contributed by atoms with Crippen LogP contribution in [0.1, 0.15) is 55.8 Å². The van der Waals surface area contributed by atoms with Crippen LogP contribution in [0.4, 0.5) is 0 Å². The van der Waals surface area contributed by atoms with E-state index in [9.17, 15) is 4.79 Å². The van der Waals surface area contributed by atoms with Crippen LogP contribution in [0.5, 0.6) is 0 Å². The van der Waals surface area contributed by atoms with Gasteiger partial charge in [0.15, 0.2) is 0 Å². The molecule has 0 unspecified atom stereocenters. The Morgan fingerprint density at radius 1 is 1.15 bits per heavy atom. The van der Waals surface area contributed by atoms with Gasteiger partial charge in [-0.2, -0.15) is 0 Å². The van der Waals surface area contributed by atoms with Crippen molar-refractivity contribution in [1.29, 1.82) is 0 Å². The van der Waals surface area contributed by atoms with Gasteiger partial charge in [0, 0.05) is 19.0 Å². The second-order valence-electron chi connectivity index (χ2n) is 6.61. The van der Waals surface area contributed by atoms with Crippen LogP contribution in [0.15, 0.2) is 29.8 Å². The fourth-order valence-corrected chi connectivity index (χ4v) is 3.69. The van der Waals surface area contributed by atoms with Crippen LogP contribution in [0.2, 0.25) is 0 Å². The Morgan fingerprint density at radius 3 is 2.50 bits per heavy atom. The number of unbranched alkanes of at least 4 members (excludes halogenated alkanes) is 4. The van der Waals surface area contributed by atoms with Crippen molar-refractivity contribution in [3.8, 4) is 10.4 Å². The molecule has 2 rings (SSSR count). The van der Waals surface area contributed by atoms with Gasteiger partial charge in [-0.25, -0.2) is 4.98 Å². The Bertz CT molecular complexity index is 669. The van der Waals surface area contributed by atoms with Crippen molar-refractivity contribution in [2.45, 2.75) is 51.5 Å². The summed E-state index contributed by atoms with van der Waals surface area (Å²) >= 11 is 1.63. The minimum absolute atomic E-state index is 0.0156. The number of carbonyl (C=O) groups excluding carboxylic acids is 1. The highest BCUT2D eigenvalue weighted by Gasteiger charge is 2.12. The van der Waals surface area contributed by atoms with Gasteiger partial charge in [-0.3, -0.25) is 4.79 Å². The number of aryl methyl sites for hydroxylation is 1. The molecule has 0 radical (unpaired) electrons. The molecule has 0 saturated heterocycles. The van der Waals surface area contributed by atoms with E-state index in [1.807, 2.05) is 24.6 Å². The molecule has 5 N–H and O–H groups in total. The van der Waals surface area contributed by atoms with E-state index in [4.69, 9.17) is 11.5 Å². The SMILES string of the molecule is Cc1ncsc1-c1ccc([C@@H](N)CC(=O)NCCCCCCCN)cc1. The summed E-state index contributed by atoms with van der Waals surface area (Å²) < 4.78 is 0. The lowest BCUT2D eigenvalue weighted by atomic mass is 10.0. The third kappa shape index (κ3) is 6.52. The molecule has 142 valence electrons. The van der Waals surface area contributed by atoms with E-state index in [1.54, 1.807) is 11.3 Å². The maximum Gasteiger partial charge on any atom is 0.221 e. The van der Waals surface area contributed by atoms with Crippen molar-refractivity contribution < 1.29 is 4.79 Å². The number of nitrogens with one attached hydrogen (secondary N) is 1. The molecule has 1 heterocycles. The highest BCUT2D eigenvalue weighted by molar-refractivity contribution is 7.13. The van der Waals surface area contributed by atoms with Crippen LogP contribution in [-0.4, -0.2) is 24.0 Å². The van der Waals surface area contributed by atoms with Gasteiger partial charge in [-0.05, 0) is 37.4 Å². The van der Waals surface area contributed by atoms with Crippen LogP contribution in [-0.2, 0) is 4.79 Å². The van der Waals surface area contributed by atoms with Crippen LogP contribution >= 0.6 is 11.3 Å². The van der Waals surface area contributed by atoms with Crippen molar-refractivity contribution in [1.82, 2.24) is 10.3 Å². The summed E-state index contributed by atoms with van der Waals surface area (Å²) in [6, 6.07) is 7.83. The lowest BCUT2D eigenvalue weighted by molar-refractivity contribution is -0.121. The Hall–Kier alpha value is -1.76. The van der Waals surface area contributed by atoms with Crippen LogP contribution in [0.3, 0.4) is 0 Å². The van der Waals surface area contributed by atoms with E-state index in [-0.39, 0.29) is 11.9 Å². The smallest absolute Gasteiger partial charge is 0.221 e. The standard InChI is InChI=1S/C20H30N4OS/c1-15-20(26-14-24-15)17-9-7-16(8-10-17)18(22)13-19(25)23-12-6-4-2-3-5-11-21/h7-10,14,18H,2-6,11-13,21-22H2,1H3,(H,23,25)/t18-/m0/s1. The summed E-state index contributed by atoms with van der Waals surface area (Å²) in [4.78, 5) is 17.5. The lowest BCUT2D eigenvalue weighted by Crippen LogP contribution is -2.28. The van der Waals surface area contributed by atoms with Gasteiger partial charge in [0.05, 0.1) is 16.1 Å². The molecule has 2 aromatic rings. The van der Waals surface area contributed by atoms with Crippen LogP contribution in [0, 0.1) is 6.92 Å². The first-order chi connectivity index (χ1) is 12.6. The van der Waals surface area contributed by atoms with Crippen molar-refractivity contribution in [3.05, 3.63) is 41.0 Å². The summed E-state index contributed by atoms with van der Waals surface area (Å²) in [5, 5.41) is 2.97. The largest absolute Gasteiger partial charge is 0.356 e. The van der Waals surface area contributed by atoms with E-state index in [0.717, 1.165) is 49.2 Å². The molecule has 0 fully saturated rings. The van der Waals surface area contributed by atoms with Gasteiger partial charge >= 0.3 is 0 Å². The Labute approximate surface area is 160 Å². The molecular formula is C20H30N4OS. The maximum absolute atomic E-state index is 12.0. The number of hydrogen-bond donors (Lipinski definition) is 3. The van der Waals surface area contributed by atoms with Crippen molar-refractivity contribution in [3.63, 3.8) is 0 Å². The number of rotatable bonds is 11. The van der Waals surface area contributed by atoms with Gasteiger partial charge in [-0.1, -0.05) is 43.5 Å². The Kier molecular flexibility index (Phi) is 8.74. The number of benzene rings is 1. The number of nitrogens with two attached hydrogens (primary N) is 2. The molecule has 1 aromatic heterocycles. The molecule has 0 bridgehead atoms. The van der Waals surface area contributed by atoms with E-state index >= 15 is 0 Å². The summed E-state index contributed by atoms with van der Waals surface area (Å²) in [5.74, 6) is 0.0156. The second kappa shape index (κ2) is 11.1. The molecule has 1 atom stereocenters. The fraction of sp³-hybridized carbons (Fsp3) is 0.500. The highest BCUT2D eigenvalue weighted by atomic mass is 32.1. The molecule has 1 aromatic carbocycles. The minimum Gasteiger partial charge on any atom is -0.356 e. The zero-order valence-corrected chi connectivity index (χ0v) is 16.4. The molecule has 0 aliphatic carbocycles. The minimum atomic E-state index is -0.281. The summed E-state index contributed by atoms with van der Waals surface area (Å²) in [6.45, 7) is 3.49. The van der Waals surface area contributed by atoms with Gasteiger partial charge in [0.25, 0.3) is 0 Å². The van der Waals surface area contributed by atoms with Gasteiger partial charge < -0.3 is 16.8 Å². The quantitative estimate of drug-likeness (QED) is 0.524. The Balaban J connectivity index is 1.72. The average molecular weight is 375 g/mol. The van der Waals surface area contributed by atoms with Gasteiger partial charge in [0.2, 0.25) is 5.91 Å². The van der Waals surface area contributed by atoms with Gasteiger partial charge in [0.1, 0.15) is 0 Å². The van der Waals surface area contributed by atoms with Gasteiger partial charge in [-0.15, -0.1) is 11.3 Å². The van der Waals surface area contributed by atoms with Crippen LogP contribution < -0.4 is 16.8 Å². The number of nitrogens with zero attached hydrogens (tertiary/aromatic N) is 1. The molecule has 0 spiro atoms. The molecule has 1 amide bonds. The third-order valence-electron chi connectivity index (χ3n) is 4.45. The predicted octanol–water partition coefficient (Wildman–Crippen LogP) is 3.53. The topological polar surface area (TPSA) is 94.0 Å². The number of hydrogen-bond acceptors (Lipinski definition) is 5. The number of carbonyl (C=O) groups is 1. The molecule has 5 nitrogen and oxygen atoms in total. The first-order valence-electron chi connectivity index (χ1n) is 9.34. The monoisotopic (exact) mass is 374 g/mol. The molecule has 6 heteroatoms. The summed E-state index contributed by atoms with van der Waals surface area (Å²) in [7, 11) is 0. The zero-order valence-electron chi connectivity index (χ0n) is 15.5. The number of thiazole rings is 1. The molecule has 0 saturated carbocycles. The number of aromatic nitrogens is 1. The maximum atomic E-state index is 12.0. The number of amides is 1. The van der Waals surface area contributed by atoms with E-state index in [0.29, 0.717) is 6.42 Å². The lowest BCUT2D eigenvalue weighted by Gasteiger charge is -2.13. The summed E-state index contributed by atoms with van der Waals surface area (Å²) in [5.41, 5.74) is 16.7. The fourth-order valence-electron chi connectivity index (χ4n) is 2.88. The Morgan fingerprint density at radius 2 is 1.85 bits per heavy atom. The second-order valence-corrected chi connectivity index (χ2v) is 7.46. The van der Waals surface area contributed by atoms with Crippen LogP contribution in [0.25, 0.3) is 10.4 Å². The van der Waals surface area contributed by atoms with Crippen molar-refractivity contribution in [2.24, 2.45) is 11.5 Å². The normalized spacial score (nSPS) is 12.1. The summed E-state index contributed by atoms with van der Waals surface area (Å²) in [6.07, 6.45) is 5.89. The first-order valence-corrected chi connectivity index (χ1v) is 10.2. The van der Waals surface area contributed by atoms with E-state index in [2.05, 4.69) is 22.4 Å². The predicted molar refractivity (Wildman–Crippen MR) is 109 cm³/mol. The van der Waals surface area contributed by atoms with E-state index in [1.165, 1.54) is 17.7 Å². The highest BCUT2D eigenvalue weighted by Crippen LogP contribution is 2.28. The molecule has 26 heavy (non-hydrogen) atoms. The van der Waals surface area contributed by atoms with E-state index < -0.39 is 0 Å². The van der Waals surface area contributed by atoms with Crippen molar-refractivity contribution in [2.75, 3.05) is 13.1 Å². The molecule has 0 aliphatic rings. The average Bonchev–Trinajstić information content (AvgIpc) is 3.07. The van der Waals surface area contributed by atoms with Crippen molar-refractivity contribution >= 4 is 17.2 Å². The third-order valence-corrected chi connectivity index (χ3v) is 5.43. The zero-order chi connectivity index (χ0) is 18.8. The molecular weight excluding hydrogens is 344 g/mol. The molecule has 0 aliphatic heterocycles.